The molecule has 4 aromatic carbocycles. The zero-order valence-electron chi connectivity index (χ0n) is 24.8. The van der Waals surface area contributed by atoms with Crippen LogP contribution in [-0.4, -0.2) is 56.8 Å². The van der Waals surface area contributed by atoms with Crippen molar-refractivity contribution in [3.8, 4) is 17.2 Å². The third-order valence-electron chi connectivity index (χ3n) is 7.43. The number of benzene rings is 4. The fourth-order valence-corrected chi connectivity index (χ4v) is 6.97. The number of ether oxygens (including phenoxy) is 2. The van der Waals surface area contributed by atoms with Crippen LogP contribution in [-0.2, 0) is 10.0 Å². The van der Waals surface area contributed by atoms with Gasteiger partial charge in [-0.1, -0.05) is 53.0 Å². The first-order valence-electron chi connectivity index (χ1n) is 14.6. The number of aliphatic hydroxyl groups excluding tert-OH is 1. The molecule has 1 unspecified atom stereocenters. The lowest BCUT2D eigenvalue weighted by Gasteiger charge is -2.34. The van der Waals surface area contributed by atoms with Crippen molar-refractivity contribution in [1.29, 1.82) is 0 Å². The monoisotopic (exact) mass is 720 g/mol. The number of piperidine rings is 1. The van der Waals surface area contributed by atoms with Crippen molar-refractivity contribution in [3.05, 3.63) is 110 Å². The third-order valence-corrected chi connectivity index (χ3v) is 9.65. The molecular formula is C32H31Cl3N4O7S. The van der Waals surface area contributed by atoms with Gasteiger partial charge in [0.15, 0.2) is 5.75 Å². The lowest BCUT2D eigenvalue weighted by Crippen LogP contribution is -2.45. The third kappa shape index (κ3) is 9.19. The average Bonchev–Trinajstić information content (AvgIpc) is 3.06. The smallest absolute Gasteiger partial charge is 0.271 e. The van der Waals surface area contributed by atoms with Crippen LogP contribution in [0.5, 0.6) is 17.2 Å². The number of sulfonamides is 1. The van der Waals surface area contributed by atoms with E-state index in [0.29, 0.717) is 12.2 Å². The molecule has 0 amide bonds. The van der Waals surface area contributed by atoms with Gasteiger partial charge in [-0.25, -0.2) is 8.42 Å². The summed E-state index contributed by atoms with van der Waals surface area (Å²) in [5.41, 5.74) is 1.08. The maximum atomic E-state index is 13.2. The number of para-hydroxylation sites is 1. The molecule has 1 fully saturated rings. The number of nitro benzene ring substituents is 1. The zero-order valence-corrected chi connectivity index (χ0v) is 27.9. The molecule has 0 aromatic heterocycles. The molecule has 3 N–H and O–H groups in total. The number of non-ortho nitro benzene ring substituents is 1. The Balaban J connectivity index is 1.13. The van der Waals surface area contributed by atoms with Crippen molar-refractivity contribution >= 4 is 61.9 Å². The number of nitrogens with one attached hydrogen (secondary N) is 2. The highest BCUT2D eigenvalue weighted by molar-refractivity contribution is 7.92. The molecule has 1 aliphatic heterocycles. The summed E-state index contributed by atoms with van der Waals surface area (Å²) in [6.45, 7) is 2.25. The molecular weight excluding hydrogens is 691 g/mol. The first kappa shape index (κ1) is 34.6. The Bertz CT molecular complexity index is 1780. The molecule has 0 saturated carbocycles. The first-order valence-corrected chi connectivity index (χ1v) is 17.2. The lowest BCUT2D eigenvalue weighted by molar-refractivity contribution is -0.384. The SMILES string of the molecule is O=[N+]([O-])c1ccc(Oc2c(Cl)cc(S(=O)(=O)Nc3ccc(N4CCC(NCC(O)COc5ccccc5)CC4)cc3)cc2Cl)c(Cl)c1. The van der Waals surface area contributed by atoms with Crippen molar-refractivity contribution in [3.63, 3.8) is 0 Å². The van der Waals surface area contributed by atoms with Crippen molar-refractivity contribution < 1.29 is 27.9 Å². The van der Waals surface area contributed by atoms with Gasteiger partial charge in [0.2, 0.25) is 0 Å². The molecule has 248 valence electrons. The van der Waals surface area contributed by atoms with Crippen LogP contribution in [0.25, 0.3) is 0 Å². The zero-order chi connectivity index (χ0) is 33.6. The molecule has 0 radical (unpaired) electrons. The quantitative estimate of drug-likeness (QED) is 0.0969. The van der Waals surface area contributed by atoms with Gasteiger partial charge in [-0.15, -0.1) is 0 Å². The number of aliphatic hydroxyl groups is 1. The fourth-order valence-electron chi connectivity index (χ4n) is 4.95. The van der Waals surface area contributed by atoms with Gasteiger partial charge in [0.1, 0.15) is 24.2 Å². The molecule has 1 saturated heterocycles. The maximum Gasteiger partial charge on any atom is 0.271 e. The van der Waals surface area contributed by atoms with E-state index < -0.39 is 21.1 Å². The van der Waals surface area contributed by atoms with Gasteiger partial charge in [-0.3, -0.25) is 14.8 Å². The molecule has 4 aromatic rings. The predicted octanol–water partition coefficient (Wildman–Crippen LogP) is 7.15. The summed E-state index contributed by atoms with van der Waals surface area (Å²) in [4.78, 5) is 12.4. The van der Waals surface area contributed by atoms with E-state index in [2.05, 4.69) is 14.9 Å². The summed E-state index contributed by atoms with van der Waals surface area (Å²) in [6, 6.07) is 22.7. The van der Waals surface area contributed by atoms with Crippen LogP contribution >= 0.6 is 34.8 Å². The highest BCUT2D eigenvalue weighted by Gasteiger charge is 2.23. The average molecular weight is 722 g/mol. The van der Waals surface area contributed by atoms with E-state index in [1.807, 2.05) is 42.5 Å². The fraction of sp³-hybridized carbons (Fsp3) is 0.250. The Morgan fingerprint density at radius 1 is 0.936 bits per heavy atom. The van der Waals surface area contributed by atoms with E-state index in [1.165, 1.54) is 24.3 Å². The number of hydrogen-bond donors (Lipinski definition) is 3. The summed E-state index contributed by atoms with van der Waals surface area (Å²) in [5, 5.41) is 24.4. The van der Waals surface area contributed by atoms with Gasteiger partial charge in [-0.2, -0.15) is 0 Å². The van der Waals surface area contributed by atoms with E-state index in [4.69, 9.17) is 44.3 Å². The molecule has 0 spiro atoms. The van der Waals surface area contributed by atoms with Crippen molar-refractivity contribution in [2.24, 2.45) is 0 Å². The highest BCUT2D eigenvalue weighted by Crippen LogP contribution is 2.41. The van der Waals surface area contributed by atoms with Crippen LogP contribution in [0, 0.1) is 10.1 Å². The number of halogens is 3. The number of nitro groups is 1. The largest absolute Gasteiger partial charge is 0.491 e. The van der Waals surface area contributed by atoms with Gasteiger partial charge in [0, 0.05) is 49.2 Å². The van der Waals surface area contributed by atoms with Crippen LogP contribution < -0.4 is 24.4 Å². The molecule has 47 heavy (non-hydrogen) atoms. The second-order valence-electron chi connectivity index (χ2n) is 10.8. The van der Waals surface area contributed by atoms with Gasteiger partial charge in [0.25, 0.3) is 15.7 Å². The van der Waals surface area contributed by atoms with E-state index in [-0.39, 0.29) is 49.8 Å². The summed E-state index contributed by atoms with van der Waals surface area (Å²) in [5.74, 6) is 0.722. The standard InChI is InChI=1S/C32H31Cl3N4O7S/c33-28-16-24(39(41)42)10-11-31(28)46-32-29(34)17-27(18-30(32)35)47(43,44)37-22-6-8-23(9-7-22)38-14-12-21(13-15-38)36-19-25(40)20-45-26-4-2-1-3-5-26/h1-11,16-18,21,25,36-37,40H,12-15,19-20H2. The van der Waals surface area contributed by atoms with Crippen molar-refractivity contribution in [2.45, 2.75) is 29.9 Å². The minimum atomic E-state index is -4.08. The second kappa shape index (κ2) is 15.4. The van der Waals surface area contributed by atoms with Gasteiger partial charge in [0.05, 0.1) is 24.9 Å². The topological polar surface area (TPSA) is 143 Å². The Morgan fingerprint density at radius 2 is 1.60 bits per heavy atom. The summed E-state index contributed by atoms with van der Waals surface area (Å²) in [6.07, 6.45) is 1.15. The predicted molar refractivity (Wildman–Crippen MR) is 183 cm³/mol. The van der Waals surface area contributed by atoms with E-state index in [1.54, 1.807) is 12.1 Å². The minimum absolute atomic E-state index is 0.0466. The van der Waals surface area contributed by atoms with Crippen LogP contribution in [0.2, 0.25) is 15.1 Å². The van der Waals surface area contributed by atoms with Gasteiger partial charge in [-0.05, 0) is 67.4 Å². The Kier molecular flexibility index (Phi) is 11.3. The Labute approximate surface area is 287 Å². The van der Waals surface area contributed by atoms with E-state index in [0.717, 1.165) is 43.4 Å². The molecule has 5 rings (SSSR count). The Morgan fingerprint density at radius 3 is 2.21 bits per heavy atom. The van der Waals surface area contributed by atoms with Crippen LogP contribution in [0.4, 0.5) is 17.1 Å². The minimum Gasteiger partial charge on any atom is -0.491 e. The van der Waals surface area contributed by atoms with Crippen LogP contribution in [0.1, 0.15) is 12.8 Å². The first-order chi connectivity index (χ1) is 22.5. The lowest BCUT2D eigenvalue weighted by atomic mass is 10.0. The molecule has 0 aliphatic carbocycles. The summed E-state index contributed by atoms with van der Waals surface area (Å²) >= 11 is 18.8. The summed E-state index contributed by atoms with van der Waals surface area (Å²) in [7, 11) is -4.08. The number of hydrogen-bond acceptors (Lipinski definition) is 9. The second-order valence-corrected chi connectivity index (χ2v) is 13.7. The number of nitrogens with zero attached hydrogens (tertiary/aromatic N) is 2. The molecule has 0 bridgehead atoms. The summed E-state index contributed by atoms with van der Waals surface area (Å²) < 4.78 is 40.2. The van der Waals surface area contributed by atoms with Gasteiger partial charge < -0.3 is 24.8 Å². The van der Waals surface area contributed by atoms with Gasteiger partial charge >= 0.3 is 0 Å². The van der Waals surface area contributed by atoms with Crippen molar-refractivity contribution in [1.82, 2.24) is 5.32 Å². The molecule has 1 aliphatic rings. The van der Waals surface area contributed by atoms with E-state index in [9.17, 15) is 23.6 Å². The number of anilines is 2. The normalized spacial score (nSPS) is 14.4. The molecule has 11 nitrogen and oxygen atoms in total. The van der Waals surface area contributed by atoms with E-state index >= 15 is 0 Å². The molecule has 1 atom stereocenters. The van der Waals surface area contributed by atoms with Crippen molar-refractivity contribution in [2.75, 3.05) is 35.9 Å². The molecule has 15 heteroatoms. The van der Waals surface area contributed by atoms with Crippen LogP contribution in [0.3, 0.4) is 0 Å². The molecule has 1 heterocycles. The maximum absolute atomic E-state index is 13.2. The number of rotatable bonds is 13. The Hall–Kier alpha value is -3.78. The van der Waals surface area contributed by atoms with Crippen LogP contribution in [0.15, 0.2) is 89.8 Å². The highest BCUT2D eigenvalue weighted by atomic mass is 35.5.